The molecule has 1 fully saturated rings. The number of likely N-dealkylation sites (tertiary alicyclic amines) is 1. The van der Waals surface area contributed by atoms with Crippen LogP contribution in [-0.2, 0) is 4.79 Å². The van der Waals surface area contributed by atoms with Crippen molar-refractivity contribution in [2.24, 2.45) is 0 Å². The average Bonchev–Trinajstić information content (AvgIpc) is 3.32. The van der Waals surface area contributed by atoms with E-state index in [0.29, 0.717) is 26.1 Å². The number of benzene rings is 1. The third kappa shape index (κ3) is 4.07. The Bertz CT molecular complexity index is 757. The highest BCUT2D eigenvalue weighted by Crippen LogP contribution is 2.22. The highest BCUT2D eigenvalue weighted by Gasteiger charge is 2.36. The molecule has 138 valence electrons. The van der Waals surface area contributed by atoms with Gasteiger partial charge in [-0.15, -0.1) is 0 Å². The lowest BCUT2D eigenvalue weighted by molar-refractivity contribution is -0.134. The van der Waals surface area contributed by atoms with Crippen LogP contribution in [-0.4, -0.2) is 54.4 Å². The molecule has 1 aliphatic heterocycles. The Balaban J connectivity index is 1.54. The second-order valence-corrected chi connectivity index (χ2v) is 6.56. The van der Waals surface area contributed by atoms with E-state index in [9.17, 15) is 9.59 Å². The van der Waals surface area contributed by atoms with Gasteiger partial charge in [0.2, 0.25) is 5.91 Å². The predicted octanol–water partition coefficient (Wildman–Crippen LogP) is 2.73. The molecular weight excluding hydrogens is 332 g/mol. The van der Waals surface area contributed by atoms with E-state index in [1.807, 2.05) is 31.2 Å². The van der Waals surface area contributed by atoms with Gasteiger partial charge in [-0.1, -0.05) is 12.1 Å². The minimum atomic E-state index is -0.434. The lowest BCUT2D eigenvalue weighted by atomic mass is 10.2. The molecule has 0 spiro atoms. The molecule has 2 heterocycles. The fourth-order valence-electron chi connectivity index (χ4n) is 3.18. The van der Waals surface area contributed by atoms with Crippen molar-refractivity contribution in [3.63, 3.8) is 0 Å². The van der Waals surface area contributed by atoms with Crippen LogP contribution in [0.15, 0.2) is 47.1 Å². The maximum absolute atomic E-state index is 12.8. The molecule has 0 N–H and O–H groups in total. The van der Waals surface area contributed by atoms with Crippen molar-refractivity contribution < 1.29 is 18.7 Å². The van der Waals surface area contributed by atoms with Crippen molar-refractivity contribution in [1.29, 1.82) is 0 Å². The number of hydrogen-bond acceptors (Lipinski definition) is 4. The number of aryl methyl sites for hydroxylation is 1. The van der Waals surface area contributed by atoms with Gasteiger partial charge in [0, 0.05) is 13.6 Å². The molecule has 6 nitrogen and oxygen atoms in total. The SMILES string of the molecule is Cc1cccc(OCCN(C)C(=O)C2CCCN2C(=O)c2ccco2)c1. The fraction of sp³-hybridized carbons (Fsp3) is 0.400. The first-order valence-corrected chi connectivity index (χ1v) is 8.85. The summed E-state index contributed by atoms with van der Waals surface area (Å²) >= 11 is 0. The molecule has 1 aromatic carbocycles. The normalized spacial score (nSPS) is 16.5. The number of carbonyl (C=O) groups is 2. The second-order valence-electron chi connectivity index (χ2n) is 6.56. The number of nitrogens with zero attached hydrogens (tertiary/aromatic N) is 2. The topological polar surface area (TPSA) is 63.0 Å². The van der Waals surface area contributed by atoms with Crippen LogP contribution in [0.2, 0.25) is 0 Å². The molecule has 3 rings (SSSR count). The largest absolute Gasteiger partial charge is 0.492 e. The molecular formula is C20H24N2O4. The van der Waals surface area contributed by atoms with Gasteiger partial charge >= 0.3 is 0 Å². The minimum absolute atomic E-state index is 0.0600. The van der Waals surface area contributed by atoms with Gasteiger partial charge in [0.05, 0.1) is 12.8 Å². The van der Waals surface area contributed by atoms with Crippen LogP contribution >= 0.6 is 0 Å². The number of furan rings is 1. The average molecular weight is 356 g/mol. The Hall–Kier alpha value is -2.76. The molecule has 6 heteroatoms. The lowest BCUT2D eigenvalue weighted by Gasteiger charge is -2.27. The van der Waals surface area contributed by atoms with E-state index in [-0.39, 0.29) is 17.6 Å². The van der Waals surface area contributed by atoms with E-state index in [1.165, 1.54) is 6.26 Å². The van der Waals surface area contributed by atoms with Crippen molar-refractivity contribution in [3.8, 4) is 5.75 Å². The molecule has 0 aliphatic carbocycles. The van der Waals surface area contributed by atoms with E-state index in [4.69, 9.17) is 9.15 Å². The van der Waals surface area contributed by atoms with Crippen molar-refractivity contribution >= 4 is 11.8 Å². The van der Waals surface area contributed by atoms with Gasteiger partial charge in [0.15, 0.2) is 5.76 Å². The maximum Gasteiger partial charge on any atom is 0.290 e. The van der Waals surface area contributed by atoms with Crippen LogP contribution in [0.4, 0.5) is 0 Å². The van der Waals surface area contributed by atoms with Crippen LogP contribution in [0, 0.1) is 6.92 Å². The van der Waals surface area contributed by atoms with Gasteiger partial charge < -0.3 is 19.0 Å². The third-order valence-electron chi connectivity index (χ3n) is 4.59. The molecule has 1 saturated heterocycles. The smallest absolute Gasteiger partial charge is 0.290 e. The quantitative estimate of drug-likeness (QED) is 0.798. The monoisotopic (exact) mass is 356 g/mol. The standard InChI is InChI=1S/C20H24N2O4/c1-15-6-3-7-16(14-15)25-13-11-21(2)19(23)17-8-4-10-22(17)20(24)18-9-5-12-26-18/h3,5-7,9,12,14,17H,4,8,10-11,13H2,1-2H3. The lowest BCUT2D eigenvalue weighted by Crippen LogP contribution is -2.47. The Labute approximate surface area is 153 Å². The minimum Gasteiger partial charge on any atom is -0.492 e. The van der Waals surface area contributed by atoms with E-state index in [1.54, 1.807) is 29.0 Å². The molecule has 1 aromatic heterocycles. The highest BCUT2D eigenvalue weighted by atomic mass is 16.5. The first-order chi connectivity index (χ1) is 12.6. The van der Waals surface area contributed by atoms with Gasteiger partial charge in [-0.05, 0) is 49.6 Å². The Kier molecular flexibility index (Phi) is 5.61. The highest BCUT2D eigenvalue weighted by molar-refractivity contribution is 5.95. The van der Waals surface area contributed by atoms with Crippen molar-refractivity contribution in [2.75, 3.05) is 26.7 Å². The number of carbonyl (C=O) groups excluding carboxylic acids is 2. The summed E-state index contributed by atoms with van der Waals surface area (Å²) in [6.45, 7) is 3.45. The zero-order chi connectivity index (χ0) is 18.5. The van der Waals surface area contributed by atoms with Crippen LogP contribution in [0.3, 0.4) is 0 Å². The number of amides is 2. The fourth-order valence-corrected chi connectivity index (χ4v) is 3.18. The summed E-state index contributed by atoms with van der Waals surface area (Å²) in [5.41, 5.74) is 1.13. The van der Waals surface area contributed by atoms with Crippen LogP contribution in [0.25, 0.3) is 0 Å². The summed E-state index contributed by atoms with van der Waals surface area (Å²) in [5, 5.41) is 0. The third-order valence-corrected chi connectivity index (χ3v) is 4.59. The Morgan fingerprint density at radius 1 is 1.31 bits per heavy atom. The van der Waals surface area contributed by atoms with E-state index >= 15 is 0 Å². The predicted molar refractivity (Wildman–Crippen MR) is 97.1 cm³/mol. The van der Waals surface area contributed by atoms with Crippen LogP contribution in [0.1, 0.15) is 29.0 Å². The Morgan fingerprint density at radius 2 is 2.15 bits per heavy atom. The van der Waals surface area contributed by atoms with Gasteiger partial charge in [-0.3, -0.25) is 9.59 Å². The van der Waals surface area contributed by atoms with E-state index in [0.717, 1.165) is 17.7 Å². The van der Waals surface area contributed by atoms with Gasteiger partial charge in [0.1, 0.15) is 18.4 Å². The molecule has 1 atom stereocenters. The van der Waals surface area contributed by atoms with Crippen LogP contribution in [0.5, 0.6) is 5.75 Å². The summed E-state index contributed by atoms with van der Waals surface area (Å²) in [4.78, 5) is 28.5. The molecule has 1 unspecified atom stereocenters. The van der Waals surface area contributed by atoms with Crippen molar-refractivity contribution in [1.82, 2.24) is 9.80 Å². The van der Waals surface area contributed by atoms with E-state index in [2.05, 4.69) is 0 Å². The first-order valence-electron chi connectivity index (χ1n) is 8.85. The summed E-state index contributed by atoms with van der Waals surface area (Å²) in [6.07, 6.45) is 2.96. The molecule has 0 saturated carbocycles. The summed E-state index contributed by atoms with van der Waals surface area (Å²) in [6, 6.07) is 10.7. The van der Waals surface area contributed by atoms with Crippen molar-refractivity contribution in [2.45, 2.75) is 25.8 Å². The summed E-state index contributed by atoms with van der Waals surface area (Å²) < 4.78 is 10.9. The summed E-state index contributed by atoms with van der Waals surface area (Å²) in [5.74, 6) is 0.780. The van der Waals surface area contributed by atoms with Crippen LogP contribution < -0.4 is 4.74 Å². The maximum atomic E-state index is 12.8. The zero-order valence-corrected chi connectivity index (χ0v) is 15.2. The molecule has 1 aliphatic rings. The number of ether oxygens (including phenoxy) is 1. The van der Waals surface area contributed by atoms with Gasteiger partial charge in [0.25, 0.3) is 5.91 Å². The number of rotatable bonds is 6. The van der Waals surface area contributed by atoms with Gasteiger partial charge in [-0.25, -0.2) is 0 Å². The molecule has 2 aromatic rings. The number of hydrogen-bond donors (Lipinski definition) is 0. The van der Waals surface area contributed by atoms with E-state index < -0.39 is 6.04 Å². The first kappa shape index (κ1) is 18.0. The number of likely N-dealkylation sites (N-methyl/N-ethyl adjacent to an activating group) is 1. The molecule has 26 heavy (non-hydrogen) atoms. The van der Waals surface area contributed by atoms with Gasteiger partial charge in [-0.2, -0.15) is 0 Å². The second kappa shape index (κ2) is 8.08. The van der Waals surface area contributed by atoms with Crippen molar-refractivity contribution in [3.05, 3.63) is 54.0 Å². The molecule has 0 bridgehead atoms. The molecule has 2 amide bonds. The zero-order valence-electron chi connectivity index (χ0n) is 15.2. The Morgan fingerprint density at radius 3 is 2.88 bits per heavy atom. The molecule has 0 radical (unpaired) electrons. The summed E-state index contributed by atoms with van der Waals surface area (Å²) in [7, 11) is 1.75.